The van der Waals surface area contributed by atoms with Gasteiger partial charge in [0.15, 0.2) is 0 Å². The minimum atomic E-state index is -1.01. The molecule has 0 heterocycles. The van der Waals surface area contributed by atoms with Crippen LogP contribution in [-0.4, -0.2) is 11.1 Å². The van der Waals surface area contributed by atoms with Gasteiger partial charge in [-0.3, -0.25) is 4.79 Å². The minimum Gasteiger partial charge on any atom is -0.481 e. The van der Waals surface area contributed by atoms with Gasteiger partial charge in [-0.05, 0) is 5.56 Å². The highest BCUT2D eigenvalue weighted by Gasteiger charge is 2.21. The molecule has 0 saturated carbocycles. The van der Waals surface area contributed by atoms with Crippen LogP contribution in [0.3, 0.4) is 0 Å². The smallest absolute Gasteiger partial charge is 0.304 e. The van der Waals surface area contributed by atoms with Crippen molar-refractivity contribution in [1.29, 1.82) is 5.26 Å². The van der Waals surface area contributed by atoms with E-state index in [1.165, 1.54) is 0 Å². The number of rotatable bonds is 4. The van der Waals surface area contributed by atoms with Crippen LogP contribution < -0.4 is 5.73 Å². The number of aliphatic carboxylic acids is 1. The molecule has 0 spiro atoms. The molecule has 2 atom stereocenters. The van der Waals surface area contributed by atoms with E-state index in [9.17, 15) is 4.79 Å². The third-order valence-electron chi connectivity index (χ3n) is 2.18. The van der Waals surface area contributed by atoms with E-state index in [0.717, 1.165) is 5.56 Å². The molecular weight excluding hydrogens is 192 g/mol. The summed E-state index contributed by atoms with van der Waals surface area (Å²) < 4.78 is 0. The molecule has 0 aliphatic heterocycles. The highest BCUT2D eigenvalue weighted by Crippen LogP contribution is 2.21. The Morgan fingerprint density at radius 1 is 1.47 bits per heavy atom. The molecular formula is C11H12N2O2. The first kappa shape index (κ1) is 11.2. The highest BCUT2D eigenvalue weighted by molar-refractivity contribution is 5.67. The van der Waals surface area contributed by atoms with Crippen LogP contribution in [0.25, 0.3) is 0 Å². The molecule has 1 aromatic rings. The van der Waals surface area contributed by atoms with Crippen LogP contribution in [0, 0.1) is 17.2 Å². The summed E-state index contributed by atoms with van der Waals surface area (Å²) in [7, 11) is 0. The first-order chi connectivity index (χ1) is 7.15. The van der Waals surface area contributed by atoms with E-state index < -0.39 is 17.9 Å². The molecule has 0 saturated heterocycles. The van der Waals surface area contributed by atoms with E-state index >= 15 is 0 Å². The van der Waals surface area contributed by atoms with Crippen molar-refractivity contribution >= 4 is 5.97 Å². The Labute approximate surface area is 87.9 Å². The van der Waals surface area contributed by atoms with Gasteiger partial charge in [0.05, 0.1) is 18.4 Å². The Morgan fingerprint density at radius 3 is 2.53 bits per heavy atom. The van der Waals surface area contributed by atoms with Gasteiger partial charge in [-0.1, -0.05) is 30.3 Å². The summed E-state index contributed by atoms with van der Waals surface area (Å²) in [6, 6.07) is 10.4. The molecule has 0 amide bonds. The van der Waals surface area contributed by atoms with Gasteiger partial charge in [0.2, 0.25) is 0 Å². The van der Waals surface area contributed by atoms with Crippen LogP contribution >= 0.6 is 0 Å². The molecule has 4 heteroatoms. The Bertz CT molecular complexity index is 370. The predicted octanol–water partition coefficient (Wildman–Crippen LogP) is 1.30. The topological polar surface area (TPSA) is 87.1 Å². The number of nitrogens with two attached hydrogens (primary N) is 1. The number of nitriles is 1. The summed E-state index contributed by atoms with van der Waals surface area (Å²) in [5, 5.41) is 17.4. The number of hydrogen-bond acceptors (Lipinski definition) is 3. The summed E-state index contributed by atoms with van der Waals surface area (Å²) in [4.78, 5) is 10.5. The van der Waals surface area contributed by atoms with Crippen LogP contribution in [0.15, 0.2) is 30.3 Å². The predicted molar refractivity (Wildman–Crippen MR) is 54.7 cm³/mol. The molecule has 1 rings (SSSR count). The van der Waals surface area contributed by atoms with Crippen molar-refractivity contribution in [2.24, 2.45) is 11.7 Å². The van der Waals surface area contributed by atoms with Gasteiger partial charge in [0.25, 0.3) is 0 Å². The Hall–Kier alpha value is -1.86. The fraction of sp³-hybridized carbons (Fsp3) is 0.273. The quantitative estimate of drug-likeness (QED) is 0.773. The minimum absolute atomic E-state index is 0.230. The molecule has 0 aliphatic rings. The van der Waals surface area contributed by atoms with Gasteiger partial charge < -0.3 is 10.8 Å². The molecule has 15 heavy (non-hydrogen) atoms. The molecule has 0 aromatic heterocycles. The van der Waals surface area contributed by atoms with Crippen LogP contribution in [0.4, 0.5) is 0 Å². The fourth-order valence-electron chi connectivity index (χ4n) is 1.35. The van der Waals surface area contributed by atoms with E-state index in [1.54, 1.807) is 12.1 Å². The Kier molecular flexibility index (Phi) is 3.83. The Morgan fingerprint density at radius 2 is 2.07 bits per heavy atom. The second-order valence-corrected chi connectivity index (χ2v) is 3.27. The van der Waals surface area contributed by atoms with Gasteiger partial charge in [-0.15, -0.1) is 0 Å². The van der Waals surface area contributed by atoms with Crippen molar-refractivity contribution in [3.63, 3.8) is 0 Å². The summed E-state index contributed by atoms with van der Waals surface area (Å²) in [6.45, 7) is 0. The second kappa shape index (κ2) is 5.13. The highest BCUT2D eigenvalue weighted by atomic mass is 16.4. The molecule has 0 fully saturated rings. The molecule has 1 aromatic carbocycles. The van der Waals surface area contributed by atoms with E-state index in [-0.39, 0.29) is 6.42 Å². The van der Waals surface area contributed by atoms with Crippen LogP contribution in [0.2, 0.25) is 0 Å². The largest absolute Gasteiger partial charge is 0.481 e. The van der Waals surface area contributed by atoms with Gasteiger partial charge >= 0.3 is 5.97 Å². The second-order valence-electron chi connectivity index (χ2n) is 3.27. The lowest BCUT2D eigenvalue weighted by Gasteiger charge is -2.15. The van der Waals surface area contributed by atoms with E-state index in [2.05, 4.69) is 0 Å². The number of hydrogen-bond donors (Lipinski definition) is 2. The van der Waals surface area contributed by atoms with Crippen molar-refractivity contribution in [1.82, 2.24) is 0 Å². The standard InChI is InChI=1S/C11H12N2O2/c12-7-9(6-10(14)15)11(13)8-4-2-1-3-5-8/h1-5,9,11H,6,13H2,(H,14,15). The van der Waals surface area contributed by atoms with Gasteiger partial charge in [0, 0.05) is 6.04 Å². The number of carboxylic acid groups (broad SMARTS) is 1. The molecule has 0 aliphatic carbocycles. The van der Waals surface area contributed by atoms with Crippen molar-refractivity contribution in [2.75, 3.05) is 0 Å². The normalized spacial score (nSPS) is 13.9. The first-order valence-corrected chi connectivity index (χ1v) is 4.57. The lowest BCUT2D eigenvalue weighted by molar-refractivity contribution is -0.137. The Balaban J connectivity index is 2.79. The summed E-state index contributed by atoms with van der Waals surface area (Å²) in [5.41, 5.74) is 6.59. The number of carboxylic acids is 1. The molecule has 0 radical (unpaired) electrons. The zero-order valence-electron chi connectivity index (χ0n) is 8.13. The maximum Gasteiger partial charge on any atom is 0.304 e. The van der Waals surface area contributed by atoms with Crippen molar-refractivity contribution < 1.29 is 9.90 Å². The number of carbonyl (C=O) groups is 1. The van der Waals surface area contributed by atoms with E-state index in [1.807, 2.05) is 24.3 Å². The zero-order valence-corrected chi connectivity index (χ0v) is 8.13. The van der Waals surface area contributed by atoms with Crippen molar-refractivity contribution in [3.8, 4) is 6.07 Å². The molecule has 0 bridgehead atoms. The van der Waals surface area contributed by atoms with Gasteiger partial charge in [-0.25, -0.2) is 0 Å². The average molecular weight is 204 g/mol. The SMILES string of the molecule is N#CC(CC(=O)O)C(N)c1ccccc1. The van der Waals surface area contributed by atoms with Gasteiger partial charge in [-0.2, -0.15) is 5.26 Å². The van der Waals surface area contributed by atoms with Crippen LogP contribution in [0.1, 0.15) is 18.0 Å². The maximum atomic E-state index is 10.5. The molecule has 2 unspecified atom stereocenters. The van der Waals surface area contributed by atoms with Crippen LogP contribution in [0.5, 0.6) is 0 Å². The van der Waals surface area contributed by atoms with Crippen LogP contribution in [-0.2, 0) is 4.79 Å². The monoisotopic (exact) mass is 204 g/mol. The lowest BCUT2D eigenvalue weighted by atomic mass is 9.92. The summed E-state index contributed by atoms with van der Waals surface area (Å²) in [6.07, 6.45) is -0.230. The lowest BCUT2D eigenvalue weighted by Crippen LogP contribution is -2.22. The van der Waals surface area contributed by atoms with Crippen molar-refractivity contribution in [3.05, 3.63) is 35.9 Å². The summed E-state index contributed by atoms with van der Waals surface area (Å²) >= 11 is 0. The molecule has 78 valence electrons. The first-order valence-electron chi connectivity index (χ1n) is 4.57. The number of benzene rings is 1. The fourth-order valence-corrected chi connectivity index (χ4v) is 1.35. The maximum absolute atomic E-state index is 10.5. The van der Waals surface area contributed by atoms with Gasteiger partial charge in [0.1, 0.15) is 0 Å². The third kappa shape index (κ3) is 3.08. The van der Waals surface area contributed by atoms with Crippen molar-refractivity contribution in [2.45, 2.75) is 12.5 Å². The third-order valence-corrected chi connectivity index (χ3v) is 2.18. The zero-order chi connectivity index (χ0) is 11.3. The van der Waals surface area contributed by atoms with E-state index in [4.69, 9.17) is 16.1 Å². The summed E-state index contributed by atoms with van der Waals surface area (Å²) in [5.74, 6) is -1.70. The van der Waals surface area contributed by atoms with E-state index in [0.29, 0.717) is 0 Å². The number of nitrogens with zero attached hydrogens (tertiary/aromatic N) is 1. The molecule has 3 N–H and O–H groups in total. The molecule has 4 nitrogen and oxygen atoms in total. The average Bonchev–Trinajstić information content (AvgIpc) is 2.26.